The molecule has 0 saturated carbocycles. The minimum Gasteiger partial charge on any atom is -0.497 e. The number of aliphatic hydroxyl groups is 2. The number of carbonyl (C=O) groups is 1. The Morgan fingerprint density at radius 1 is 1.15 bits per heavy atom. The molecule has 0 radical (unpaired) electrons. The number of ether oxygens (including phenoxy) is 3. The normalized spacial score (nSPS) is 29.7. The van der Waals surface area contributed by atoms with Gasteiger partial charge in [-0.05, 0) is 42.8 Å². The average Bonchev–Trinajstić information content (AvgIpc) is 3.73. The van der Waals surface area contributed by atoms with Crippen molar-refractivity contribution in [1.82, 2.24) is 19.9 Å². The van der Waals surface area contributed by atoms with E-state index in [4.69, 9.17) is 14.2 Å². The number of hydrogen-bond acceptors (Lipinski definition) is 9. The molecule has 1 aromatic heterocycles. The van der Waals surface area contributed by atoms with Crippen molar-refractivity contribution < 1.29 is 33.6 Å². The lowest BCUT2D eigenvalue weighted by molar-refractivity contribution is -0.217. The van der Waals surface area contributed by atoms with Crippen molar-refractivity contribution in [3.8, 4) is 17.0 Å². The van der Waals surface area contributed by atoms with Crippen LogP contribution in [0.15, 0.2) is 54.7 Å². The minimum atomic E-state index is -1.23. The number of aliphatic hydroxyl groups excluding tert-OH is 2. The second-order valence-electron chi connectivity index (χ2n) is 10.4. The highest BCUT2D eigenvalue weighted by Gasteiger charge is 2.54. The molecule has 0 unspecified atom stereocenters. The molecule has 7 atom stereocenters. The van der Waals surface area contributed by atoms with Crippen molar-refractivity contribution in [2.45, 2.75) is 49.0 Å². The summed E-state index contributed by atoms with van der Waals surface area (Å²) in [5.74, 6) is 0.120. The SMILES string of the molecule is COc1ccc(N2C[C@H]3C[C@@H]2CN3C(=O)[C@@H]2O[C@H](CO)[C@H](O)[C@H](n3cc(-c4cccc(F)c4)nn3)[C@H]2OC)cc1. The van der Waals surface area contributed by atoms with Crippen molar-refractivity contribution in [1.29, 1.82) is 0 Å². The molecule has 11 nitrogen and oxygen atoms in total. The highest BCUT2D eigenvalue weighted by molar-refractivity contribution is 5.83. The summed E-state index contributed by atoms with van der Waals surface area (Å²) in [6.07, 6.45) is -1.86. The molecule has 0 spiro atoms. The maximum atomic E-state index is 13.9. The van der Waals surface area contributed by atoms with Gasteiger partial charge in [-0.15, -0.1) is 5.10 Å². The van der Waals surface area contributed by atoms with Gasteiger partial charge in [-0.1, -0.05) is 17.3 Å². The molecule has 3 aliphatic rings. The number of aromatic nitrogens is 3. The summed E-state index contributed by atoms with van der Waals surface area (Å²) in [7, 11) is 3.08. The monoisotopic (exact) mass is 553 g/mol. The first-order valence-electron chi connectivity index (χ1n) is 13.3. The first-order chi connectivity index (χ1) is 19.4. The quantitative estimate of drug-likeness (QED) is 0.445. The van der Waals surface area contributed by atoms with Crippen LogP contribution in [-0.4, -0.2) is 106 Å². The summed E-state index contributed by atoms with van der Waals surface area (Å²) in [6, 6.07) is 13.1. The van der Waals surface area contributed by atoms with Crippen LogP contribution in [0, 0.1) is 5.82 Å². The van der Waals surface area contributed by atoms with Crippen LogP contribution in [0.3, 0.4) is 0 Å². The lowest BCUT2D eigenvalue weighted by Gasteiger charge is -2.45. The van der Waals surface area contributed by atoms with Gasteiger partial charge in [-0.2, -0.15) is 0 Å². The summed E-state index contributed by atoms with van der Waals surface area (Å²) in [4.78, 5) is 18.1. The molecule has 3 aromatic rings. The van der Waals surface area contributed by atoms with Gasteiger partial charge in [0.05, 0.1) is 26.0 Å². The Balaban J connectivity index is 1.22. The molecule has 212 valence electrons. The molecule has 3 saturated heterocycles. The predicted molar refractivity (Wildman–Crippen MR) is 141 cm³/mol. The molecule has 3 fully saturated rings. The Morgan fingerprint density at radius 2 is 1.95 bits per heavy atom. The zero-order valence-corrected chi connectivity index (χ0v) is 22.2. The number of benzene rings is 2. The van der Waals surface area contributed by atoms with Crippen LogP contribution in [0.2, 0.25) is 0 Å². The number of likely N-dealkylation sites (tertiary alicyclic amines) is 1. The summed E-state index contributed by atoms with van der Waals surface area (Å²) < 4.78 is 32.2. The lowest BCUT2D eigenvalue weighted by Crippen LogP contribution is -2.62. The maximum absolute atomic E-state index is 13.9. The van der Waals surface area contributed by atoms with Gasteiger partial charge in [0, 0.05) is 37.5 Å². The minimum absolute atomic E-state index is 0.00969. The molecule has 3 aliphatic heterocycles. The fraction of sp³-hybridized carbons (Fsp3) is 0.464. The number of rotatable bonds is 7. The second kappa shape index (κ2) is 10.8. The third kappa shape index (κ3) is 4.60. The first-order valence-corrected chi connectivity index (χ1v) is 13.3. The van der Waals surface area contributed by atoms with Crippen LogP contribution >= 0.6 is 0 Å². The van der Waals surface area contributed by atoms with Crippen molar-refractivity contribution in [2.24, 2.45) is 0 Å². The Hall–Kier alpha value is -3.58. The van der Waals surface area contributed by atoms with E-state index in [1.807, 2.05) is 29.2 Å². The van der Waals surface area contributed by atoms with Crippen LogP contribution < -0.4 is 9.64 Å². The topological polar surface area (TPSA) is 122 Å². The number of halogens is 1. The number of fused-ring (bicyclic) bond motifs is 2. The Bertz CT molecular complexity index is 1350. The summed E-state index contributed by atoms with van der Waals surface area (Å²) >= 11 is 0. The molecular formula is C28H32FN5O6. The van der Waals surface area contributed by atoms with Gasteiger partial charge in [-0.3, -0.25) is 4.79 Å². The molecule has 2 bridgehead atoms. The van der Waals surface area contributed by atoms with Crippen LogP contribution in [-0.2, 0) is 14.3 Å². The van der Waals surface area contributed by atoms with Crippen LogP contribution in [0.4, 0.5) is 10.1 Å². The standard InChI is InChI=1S/C28H32FN5O6/c1-38-21-8-6-18(7-9-21)32-12-20-11-19(32)13-33(20)28(37)27-26(39-2)24(25(36)23(15-35)40-27)34-14-22(30-31-34)16-4-3-5-17(29)10-16/h3-10,14,19-20,23-27,35-36H,11-13,15H2,1-2H3/t19-,20-,23-,24+,25+,26-,27-/m1/s1. The summed E-state index contributed by atoms with van der Waals surface area (Å²) in [5, 5.41) is 29.5. The number of amides is 1. The average molecular weight is 554 g/mol. The van der Waals surface area contributed by atoms with Crippen molar-refractivity contribution in [2.75, 3.05) is 38.8 Å². The number of carbonyl (C=O) groups excluding carboxylic acids is 1. The van der Waals surface area contributed by atoms with E-state index in [1.54, 1.807) is 25.4 Å². The van der Waals surface area contributed by atoms with E-state index in [0.717, 1.165) is 17.9 Å². The highest BCUT2D eigenvalue weighted by Crippen LogP contribution is 2.38. The first kappa shape index (κ1) is 26.6. The molecule has 12 heteroatoms. The predicted octanol–water partition coefficient (Wildman–Crippen LogP) is 1.26. The molecule has 40 heavy (non-hydrogen) atoms. The molecule has 2 aromatic carbocycles. The zero-order valence-electron chi connectivity index (χ0n) is 22.2. The van der Waals surface area contributed by atoms with Crippen molar-refractivity contribution >= 4 is 11.6 Å². The molecule has 6 rings (SSSR count). The summed E-state index contributed by atoms with van der Waals surface area (Å²) in [6.45, 7) is 0.708. The van der Waals surface area contributed by atoms with Gasteiger partial charge < -0.3 is 34.2 Å². The smallest absolute Gasteiger partial charge is 0.254 e. The second-order valence-corrected chi connectivity index (χ2v) is 10.4. The van der Waals surface area contributed by atoms with E-state index in [2.05, 4.69) is 15.2 Å². The van der Waals surface area contributed by atoms with Crippen LogP contribution in [0.1, 0.15) is 12.5 Å². The van der Waals surface area contributed by atoms with Gasteiger partial charge in [-0.25, -0.2) is 9.07 Å². The largest absolute Gasteiger partial charge is 0.497 e. The van der Waals surface area contributed by atoms with Crippen LogP contribution in [0.5, 0.6) is 5.75 Å². The fourth-order valence-corrected chi connectivity index (χ4v) is 6.25. The number of piperazine rings is 1. The van der Waals surface area contributed by atoms with Crippen LogP contribution in [0.25, 0.3) is 11.3 Å². The molecule has 1 amide bonds. The lowest BCUT2D eigenvalue weighted by atomic mass is 9.91. The third-order valence-electron chi connectivity index (χ3n) is 8.25. The van der Waals surface area contributed by atoms with Gasteiger partial charge in [0.25, 0.3) is 5.91 Å². The van der Waals surface area contributed by atoms with E-state index >= 15 is 0 Å². The molecular weight excluding hydrogens is 521 g/mol. The Labute approximate surface area is 230 Å². The number of nitrogens with zero attached hydrogens (tertiary/aromatic N) is 5. The fourth-order valence-electron chi connectivity index (χ4n) is 6.25. The van der Waals surface area contributed by atoms with E-state index in [1.165, 1.54) is 23.9 Å². The maximum Gasteiger partial charge on any atom is 0.254 e. The number of methoxy groups -OCH3 is 2. The molecule has 2 N–H and O–H groups in total. The Kier molecular flexibility index (Phi) is 7.17. The number of hydrogen-bond donors (Lipinski definition) is 2. The summed E-state index contributed by atoms with van der Waals surface area (Å²) in [5.41, 5.74) is 1.99. The van der Waals surface area contributed by atoms with E-state index in [-0.39, 0.29) is 18.0 Å². The van der Waals surface area contributed by atoms with E-state index in [9.17, 15) is 19.4 Å². The Morgan fingerprint density at radius 3 is 2.60 bits per heavy atom. The van der Waals surface area contributed by atoms with Gasteiger partial charge in [0.2, 0.25) is 0 Å². The van der Waals surface area contributed by atoms with Crippen molar-refractivity contribution in [3.63, 3.8) is 0 Å². The van der Waals surface area contributed by atoms with Crippen molar-refractivity contribution in [3.05, 3.63) is 60.5 Å². The molecule has 0 aliphatic carbocycles. The molecule has 4 heterocycles. The number of anilines is 1. The highest BCUT2D eigenvalue weighted by atomic mass is 19.1. The zero-order chi connectivity index (χ0) is 28.0. The van der Waals surface area contributed by atoms with E-state index in [0.29, 0.717) is 24.3 Å². The van der Waals surface area contributed by atoms with Gasteiger partial charge in [0.1, 0.15) is 41.6 Å². The van der Waals surface area contributed by atoms with Gasteiger partial charge >= 0.3 is 0 Å². The third-order valence-corrected chi connectivity index (χ3v) is 8.25. The van der Waals surface area contributed by atoms with E-state index < -0.39 is 42.9 Å². The van der Waals surface area contributed by atoms with Gasteiger partial charge in [0.15, 0.2) is 6.10 Å².